The first kappa shape index (κ1) is 29.1. The van der Waals surface area contributed by atoms with Crippen molar-refractivity contribution in [3.05, 3.63) is 83.1 Å². The van der Waals surface area contributed by atoms with Crippen LogP contribution in [0, 0.1) is 5.82 Å². The molecular weight excluding hydrogens is 561 g/mol. The summed E-state index contributed by atoms with van der Waals surface area (Å²) in [7, 11) is 0. The van der Waals surface area contributed by atoms with Gasteiger partial charge in [0.1, 0.15) is 16.5 Å². The average Bonchev–Trinajstić information content (AvgIpc) is 3.75. The zero-order valence-electron chi connectivity index (χ0n) is 25.0. The maximum Gasteiger partial charge on any atom is 0.230 e. The van der Waals surface area contributed by atoms with Crippen LogP contribution in [0.15, 0.2) is 61.1 Å². The van der Waals surface area contributed by atoms with Gasteiger partial charge in [-0.2, -0.15) is 0 Å². The number of hydrogen-bond donors (Lipinski definition) is 1. The van der Waals surface area contributed by atoms with Crippen LogP contribution in [-0.4, -0.2) is 54.5 Å². The van der Waals surface area contributed by atoms with Gasteiger partial charge in [0.2, 0.25) is 11.0 Å². The van der Waals surface area contributed by atoms with Crippen LogP contribution >= 0.6 is 11.3 Å². The van der Waals surface area contributed by atoms with Crippen LogP contribution in [-0.2, 0) is 23.1 Å². The summed E-state index contributed by atoms with van der Waals surface area (Å²) in [6.07, 6.45) is 8.98. The molecule has 1 aromatic carbocycles. The molecule has 1 aliphatic heterocycles. The predicted octanol–water partition coefficient (Wildman–Crippen LogP) is 6.56. The summed E-state index contributed by atoms with van der Waals surface area (Å²) >= 11 is 1.33. The van der Waals surface area contributed by atoms with Gasteiger partial charge in [-0.25, -0.2) is 9.37 Å². The Balaban J connectivity index is 1.15. The van der Waals surface area contributed by atoms with Crippen molar-refractivity contribution >= 4 is 28.0 Å². The highest BCUT2D eigenvalue weighted by atomic mass is 32.1. The fourth-order valence-electron chi connectivity index (χ4n) is 5.52. The number of halogens is 1. The summed E-state index contributed by atoms with van der Waals surface area (Å²) < 4.78 is 17.1. The fourth-order valence-corrected chi connectivity index (χ4v) is 6.34. The molecule has 1 amide bonds. The van der Waals surface area contributed by atoms with Crippen LogP contribution in [0.3, 0.4) is 0 Å². The van der Waals surface area contributed by atoms with E-state index in [1.54, 1.807) is 12.3 Å². The van der Waals surface area contributed by atoms with Crippen LogP contribution in [0.4, 0.5) is 9.52 Å². The molecule has 5 heterocycles. The third-order valence-corrected chi connectivity index (χ3v) is 9.21. The Hall–Kier alpha value is -4.02. The van der Waals surface area contributed by atoms with Gasteiger partial charge in [-0.3, -0.25) is 14.2 Å². The Labute approximate surface area is 255 Å². The SMILES string of the molecule is CC(Cc1cc(-c2ccn3c(-c4ccc(CC(=O)Nc5nnc(C(C)(C)C)s5)c(F)c4)cnc3c2)ccn1)N1CCCC1. The molecule has 4 aromatic heterocycles. The maximum atomic E-state index is 15.2. The van der Waals surface area contributed by atoms with E-state index < -0.39 is 5.82 Å². The van der Waals surface area contributed by atoms with Crippen molar-refractivity contribution in [2.24, 2.45) is 0 Å². The van der Waals surface area contributed by atoms with Crippen LogP contribution in [0.25, 0.3) is 28.0 Å². The number of amides is 1. The van der Waals surface area contributed by atoms with Gasteiger partial charge < -0.3 is 10.2 Å². The van der Waals surface area contributed by atoms with E-state index in [0.717, 1.165) is 39.6 Å². The Kier molecular flexibility index (Phi) is 8.07. The molecule has 5 aromatic rings. The van der Waals surface area contributed by atoms with E-state index in [-0.39, 0.29) is 17.7 Å². The Morgan fingerprint density at radius 1 is 1.02 bits per heavy atom. The number of aromatic nitrogens is 5. The van der Waals surface area contributed by atoms with E-state index in [4.69, 9.17) is 0 Å². The number of rotatable bonds is 8. The zero-order valence-corrected chi connectivity index (χ0v) is 25.8. The molecule has 1 atom stereocenters. The first-order valence-corrected chi connectivity index (χ1v) is 15.5. The molecule has 1 unspecified atom stereocenters. The van der Waals surface area contributed by atoms with E-state index in [9.17, 15) is 4.79 Å². The normalized spacial score (nSPS) is 14.8. The van der Waals surface area contributed by atoms with E-state index >= 15 is 4.39 Å². The summed E-state index contributed by atoms with van der Waals surface area (Å²) in [6, 6.07) is 13.7. The molecule has 10 heteroatoms. The number of pyridine rings is 2. The Morgan fingerprint density at radius 2 is 1.81 bits per heavy atom. The molecule has 0 bridgehead atoms. The summed E-state index contributed by atoms with van der Waals surface area (Å²) in [5.74, 6) is -0.783. The van der Waals surface area contributed by atoms with Gasteiger partial charge in [0.15, 0.2) is 0 Å². The van der Waals surface area contributed by atoms with E-state index in [2.05, 4.69) is 49.4 Å². The number of likely N-dealkylation sites (tertiary alicyclic amines) is 1. The number of carbonyl (C=O) groups is 1. The molecule has 1 N–H and O–H groups in total. The second kappa shape index (κ2) is 11.9. The van der Waals surface area contributed by atoms with Gasteiger partial charge >= 0.3 is 0 Å². The topological polar surface area (TPSA) is 88.3 Å². The van der Waals surface area contributed by atoms with E-state index in [0.29, 0.717) is 22.3 Å². The molecule has 1 aliphatic rings. The van der Waals surface area contributed by atoms with Crippen LogP contribution < -0.4 is 5.32 Å². The number of nitrogens with one attached hydrogen (secondary N) is 1. The summed E-state index contributed by atoms with van der Waals surface area (Å²) in [6.45, 7) is 10.7. The third-order valence-electron chi connectivity index (χ3n) is 7.94. The summed E-state index contributed by atoms with van der Waals surface area (Å²) in [5.41, 5.74) is 5.62. The average molecular weight is 598 g/mol. The van der Waals surface area contributed by atoms with Gasteiger partial charge in [0.05, 0.1) is 18.3 Å². The van der Waals surface area contributed by atoms with Crippen molar-refractivity contribution in [3.63, 3.8) is 0 Å². The van der Waals surface area contributed by atoms with Gasteiger partial charge in [-0.05, 0) is 79.9 Å². The molecule has 8 nitrogen and oxygen atoms in total. The van der Waals surface area contributed by atoms with Crippen molar-refractivity contribution in [2.75, 3.05) is 18.4 Å². The lowest BCUT2D eigenvalue weighted by Gasteiger charge is -2.23. The lowest BCUT2D eigenvalue weighted by Crippen LogP contribution is -2.31. The zero-order chi connectivity index (χ0) is 30.1. The fraction of sp³-hybridized carbons (Fsp3) is 0.364. The van der Waals surface area contributed by atoms with Crippen LogP contribution in [0.2, 0.25) is 0 Å². The lowest BCUT2D eigenvalue weighted by molar-refractivity contribution is -0.115. The first-order chi connectivity index (χ1) is 20.6. The molecule has 1 saturated heterocycles. The lowest BCUT2D eigenvalue weighted by atomic mass is 9.98. The molecule has 6 rings (SSSR count). The second-order valence-corrected chi connectivity index (χ2v) is 13.3. The number of fused-ring (bicyclic) bond motifs is 1. The predicted molar refractivity (Wildman–Crippen MR) is 169 cm³/mol. The summed E-state index contributed by atoms with van der Waals surface area (Å²) in [4.78, 5) is 24.4. The Morgan fingerprint density at radius 3 is 2.56 bits per heavy atom. The minimum atomic E-state index is -0.445. The molecule has 43 heavy (non-hydrogen) atoms. The highest BCUT2D eigenvalue weighted by Crippen LogP contribution is 2.29. The molecule has 0 radical (unpaired) electrons. The highest BCUT2D eigenvalue weighted by molar-refractivity contribution is 7.15. The number of benzene rings is 1. The van der Waals surface area contributed by atoms with Crippen molar-refractivity contribution in [3.8, 4) is 22.4 Å². The van der Waals surface area contributed by atoms with E-state index in [1.807, 2.05) is 55.8 Å². The minimum Gasteiger partial charge on any atom is -0.300 e. The third kappa shape index (κ3) is 6.50. The molecule has 0 aliphatic carbocycles. The quantitative estimate of drug-likeness (QED) is 0.218. The first-order valence-electron chi connectivity index (χ1n) is 14.7. The smallest absolute Gasteiger partial charge is 0.230 e. The van der Waals surface area contributed by atoms with E-state index in [1.165, 1.54) is 43.3 Å². The largest absolute Gasteiger partial charge is 0.300 e. The van der Waals surface area contributed by atoms with Gasteiger partial charge in [-0.15, -0.1) is 10.2 Å². The number of nitrogens with zero attached hydrogens (tertiary/aromatic N) is 6. The summed E-state index contributed by atoms with van der Waals surface area (Å²) in [5, 5.41) is 12.2. The number of carbonyl (C=O) groups excluding carboxylic acids is 1. The molecule has 0 spiro atoms. The molecular formula is C33H36FN7OS. The van der Waals surface area contributed by atoms with Crippen molar-refractivity contribution < 1.29 is 9.18 Å². The molecule has 222 valence electrons. The standard InChI is InChI=1S/C33H36FN7OS/c1-21(40-12-5-6-13-40)15-26-16-22(9-11-35-26)23-10-14-41-28(20-36-29(41)18-23)25-8-7-24(27(34)17-25)19-30(42)37-32-39-38-31(43-32)33(2,3)4/h7-11,14,16-18,20-21H,5-6,12-13,15,19H2,1-4H3,(H,37,39,42). The van der Waals surface area contributed by atoms with Gasteiger partial charge in [0.25, 0.3) is 0 Å². The monoisotopic (exact) mass is 597 g/mol. The molecule has 0 saturated carbocycles. The highest BCUT2D eigenvalue weighted by Gasteiger charge is 2.21. The van der Waals surface area contributed by atoms with Crippen molar-refractivity contribution in [1.29, 1.82) is 0 Å². The second-order valence-electron chi connectivity index (χ2n) is 12.3. The number of anilines is 1. The number of hydrogen-bond acceptors (Lipinski definition) is 7. The van der Waals surface area contributed by atoms with Crippen LogP contribution in [0.1, 0.15) is 56.8 Å². The number of imidazole rings is 1. The Bertz CT molecular complexity index is 1770. The van der Waals surface area contributed by atoms with Gasteiger partial charge in [-0.1, -0.05) is 44.2 Å². The maximum absolute atomic E-state index is 15.2. The van der Waals surface area contributed by atoms with Crippen molar-refractivity contribution in [1.82, 2.24) is 29.5 Å². The van der Waals surface area contributed by atoms with Crippen LogP contribution in [0.5, 0.6) is 0 Å². The van der Waals surface area contributed by atoms with Crippen molar-refractivity contribution in [2.45, 2.75) is 64.8 Å². The van der Waals surface area contributed by atoms with Gasteiger partial charge in [0, 0.05) is 41.5 Å². The molecule has 1 fully saturated rings. The minimum absolute atomic E-state index is 0.0994.